The molecule has 1 N–H and O–H groups in total. The van der Waals surface area contributed by atoms with Crippen molar-refractivity contribution in [2.75, 3.05) is 0 Å². The molecule has 2 rings (SSSR count). The number of imide groups is 1. The fraction of sp³-hybridized carbons (Fsp3) is 0.500. The lowest BCUT2D eigenvalue weighted by Gasteiger charge is -2.15. The molecule has 0 saturated carbocycles. The van der Waals surface area contributed by atoms with E-state index in [2.05, 4.69) is 12.2 Å². The van der Waals surface area contributed by atoms with E-state index in [9.17, 15) is 14.4 Å². The van der Waals surface area contributed by atoms with E-state index < -0.39 is 0 Å². The number of hydrogen-bond acceptors (Lipinski definition) is 3. The molecule has 122 valence electrons. The van der Waals surface area contributed by atoms with Gasteiger partial charge in [-0.15, -0.1) is 0 Å². The van der Waals surface area contributed by atoms with Crippen molar-refractivity contribution in [1.82, 2.24) is 5.32 Å². The number of Topliss-reactive ketones (excluding diaryl/α,β-unsaturated/α-hetero) is 1. The monoisotopic (exact) mass is 305 g/mol. The van der Waals surface area contributed by atoms with Crippen LogP contribution >= 0.6 is 0 Å². The van der Waals surface area contributed by atoms with Gasteiger partial charge in [-0.25, -0.2) is 0 Å². The van der Waals surface area contributed by atoms with Crippen molar-refractivity contribution in [3.05, 3.63) is 35.4 Å². The molecular formula is C18H27NO3. The zero-order valence-corrected chi connectivity index (χ0v) is 14.2. The normalized spacial score (nSPS) is 16.5. The van der Waals surface area contributed by atoms with E-state index in [1.165, 1.54) is 0 Å². The minimum atomic E-state index is -0.141. The van der Waals surface area contributed by atoms with Crippen LogP contribution in [0.5, 0.6) is 0 Å². The van der Waals surface area contributed by atoms with E-state index in [1.807, 2.05) is 45.0 Å². The Kier molecular flexibility index (Phi) is 9.75. The summed E-state index contributed by atoms with van der Waals surface area (Å²) in [4.78, 5) is 32.2. The molecule has 22 heavy (non-hydrogen) atoms. The van der Waals surface area contributed by atoms with E-state index in [0.29, 0.717) is 12.8 Å². The first-order valence-electron chi connectivity index (χ1n) is 7.88. The van der Waals surface area contributed by atoms with Gasteiger partial charge in [0.2, 0.25) is 11.8 Å². The van der Waals surface area contributed by atoms with Gasteiger partial charge >= 0.3 is 0 Å². The zero-order chi connectivity index (χ0) is 17.1. The maximum Gasteiger partial charge on any atom is 0.229 e. The van der Waals surface area contributed by atoms with Crippen LogP contribution in [0.2, 0.25) is 0 Å². The highest BCUT2D eigenvalue weighted by Gasteiger charge is 2.21. The predicted molar refractivity (Wildman–Crippen MR) is 88.7 cm³/mol. The molecule has 4 nitrogen and oxygen atoms in total. The Hall–Kier alpha value is -1.97. The van der Waals surface area contributed by atoms with Gasteiger partial charge in [0.1, 0.15) is 0 Å². The van der Waals surface area contributed by atoms with E-state index >= 15 is 0 Å². The molecule has 1 aliphatic rings. The van der Waals surface area contributed by atoms with Crippen molar-refractivity contribution >= 4 is 17.6 Å². The zero-order valence-electron chi connectivity index (χ0n) is 14.2. The molecule has 1 unspecified atom stereocenters. The van der Waals surface area contributed by atoms with Crippen molar-refractivity contribution in [1.29, 1.82) is 0 Å². The Morgan fingerprint density at radius 2 is 1.82 bits per heavy atom. The van der Waals surface area contributed by atoms with Crippen LogP contribution < -0.4 is 5.32 Å². The Morgan fingerprint density at radius 3 is 2.23 bits per heavy atom. The molecule has 0 radical (unpaired) electrons. The number of benzene rings is 1. The Balaban J connectivity index is 0.000000366. The molecule has 1 heterocycles. The summed E-state index contributed by atoms with van der Waals surface area (Å²) in [5.41, 5.74) is 2.00. The van der Waals surface area contributed by atoms with Gasteiger partial charge < -0.3 is 0 Å². The molecule has 1 fully saturated rings. The second-order valence-electron chi connectivity index (χ2n) is 4.92. The molecule has 2 amide bonds. The quantitative estimate of drug-likeness (QED) is 0.671. The number of piperidine rings is 1. The summed E-state index contributed by atoms with van der Waals surface area (Å²) in [6.07, 6.45) is 2.12. The maximum atomic E-state index is 11.0. The molecule has 1 aromatic rings. The SMILES string of the molecule is CC.CC1CCC(=O)NC1=O.CCc1ccccc1C(C)=O. The largest absolute Gasteiger partial charge is 0.296 e. The minimum absolute atomic E-state index is 0.0164. The third-order valence-electron chi connectivity index (χ3n) is 3.29. The second-order valence-corrected chi connectivity index (χ2v) is 4.92. The number of carbonyl (C=O) groups is 3. The topological polar surface area (TPSA) is 63.2 Å². The van der Waals surface area contributed by atoms with Gasteiger partial charge in [-0.05, 0) is 25.3 Å². The maximum absolute atomic E-state index is 11.0. The van der Waals surface area contributed by atoms with Gasteiger partial charge in [0.05, 0.1) is 0 Å². The van der Waals surface area contributed by atoms with Crippen molar-refractivity contribution < 1.29 is 14.4 Å². The van der Waals surface area contributed by atoms with Crippen molar-refractivity contribution in [2.45, 2.75) is 53.9 Å². The van der Waals surface area contributed by atoms with E-state index in [4.69, 9.17) is 0 Å². The van der Waals surface area contributed by atoms with Crippen molar-refractivity contribution in [2.24, 2.45) is 5.92 Å². The second kappa shape index (κ2) is 10.7. The van der Waals surface area contributed by atoms with E-state index in [-0.39, 0.29) is 23.5 Å². The third kappa shape index (κ3) is 6.66. The van der Waals surface area contributed by atoms with Crippen LogP contribution in [0.25, 0.3) is 0 Å². The highest BCUT2D eigenvalue weighted by molar-refractivity contribution is 5.98. The summed E-state index contributed by atoms with van der Waals surface area (Å²) in [7, 11) is 0. The first kappa shape index (κ1) is 20.0. The van der Waals surface area contributed by atoms with Crippen LogP contribution in [-0.4, -0.2) is 17.6 Å². The molecule has 4 heteroatoms. The van der Waals surface area contributed by atoms with E-state index in [1.54, 1.807) is 6.92 Å². The fourth-order valence-corrected chi connectivity index (χ4v) is 1.97. The molecule has 1 atom stereocenters. The van der Waals surface area contributed by atoms with Crippen LogP contribution in [0.4, 0.5) is 0 Å². The predicted octanol–water partition coefficient (Wildman–Crippen LogP) is 3.54. The summed E-state index contributed by atoms with van der Waals surface area (Å²) >= 11 is 0. The molecule has 1 aromatic carbocycles. The number of ketones is 1. The molecule has 0 spiro atoms. The summed E-state index contributed by atoms with van der Waals surface area (Å²) in [6, 6.07) is 7.74. The van der Waals surface area contributed by atoms with Crippen LogP contribution in [-0.2, 0) is 16.0 Å². The highest BCUT2D eigenvalue weighted by Crippen LogP contribution is 2.10. The molecule has 1 aliphatic heterocycles. The van der Waals surface area contributed by atoms with Crippen LogP contribution in [0.1, 0.15) is 63.4 Å². The summed E-state index contributed by atoms with van der Waals surface area (Å²) < 4.78 is 0. The standard InChI is InChI=1S/C10H12O.C6H9NO2.C2H6/c1-3-9-6-4-5-7-10(9)8(2)11;1-4-2-3-5(8)7-6(4)9;1-2/h4-7H,3H2,1-2H3;4H,2-3H2,1H3,(H,7,8,9);1-2H3. The van der Waals surface area contributed by atoms with Gasteiger partial charge in [0.25, 0.3) is 0 Å². The van der Waals surface area contributed by atoms with Gasteiger partial charge in [-0.1, -0.05) is 52.0 Å². The molecule has 0 aliphatic carbocycles. The average Bonchev–Trinajstić information content (AvgIpc) is 2.53. The number of rotatable bonds is 2. The van der Waals surface area contributed by atoms with Crippen LogP contribution in [0, 0.1) is 5.92 Å². The number of aryl methyl sites for hydroxylation is 1. The van der Waals surface area contributed by atoms with Gasteiger partial charge in [0, 0.05) is 17.9 Å². The summed E-state index contributed by atoms with van der Waals surface area (Å²) in [5.74, 6) is -0.102. The average molecular weight is 305 g/mol. The first-order chi connectivity index (χ1) is 10.5. The van der Waals surface area contributed by atoms with Gasteiger partial charge in [-0.2, -0.15) is 0 Å². The van der Waals surface area contributed by atoms with Crippen molar-refractivity contribution in [3.63, 3.8) is 0 Å². The van der Waals surface area contributed by atoms with Gasteiger partial charge in [0.15, 0.2) is 5.78 Å². The van der Waals surface area contributed by atoms with Crippen LogP contribution in [0.3, 0.4) is 0 Å². The minimum Gasteiger partial charge on any atom is -0.296 e. The smallest absolute Gasteiger partial charge is 0.229 e. The highest BCUT2D eigenvalue weighted by atomic mass is 16.2. The van der Waals surface area contributed by atoms with Gasteiger partial charge in [-0.3, -0.25) is 19.7 Å². The van der Waals surface area contributed by atoms with E-state index in [0.717, 1.165) is 17.5 Å². The Morgan fingerprint density at radius 1 is 1.23 bits per heavy atom. The lowest BCUT2D eigenvalue weighted by atomic mass is 10.0. The first-order valence-corrected chi connectivity index (χ1v) is 7.88. The van der Waals surface area contributed by atoms with Crippen LogP contribution in [0.15, 0.2) is 24.3 Å². The number of amides is 2. The number of hydrogen-bond donors (Lipinski definition) is 1. The summed E-state index contributed by atoms with van der Waals surface area (Å²) in [6.45, 7) is 9.48. The number of carbonyl (C=O) groups excluding carboxylic acids is 3. The molecule has 1 saturated heterocycles. The Bertz CT molecular complexity index is 509. The summed E-state index contributed by atoms with van der Waals surface area (Å²) in [5, 5.41) is 2.25. The molecular weight excluding hydrogens is 278 g/mol. The van der Waals surface area contributed by atoms with Crippen molar-refractivity contribution in [3.8, 4) is 0 Å². The lowest BCUT2D eigenvalue weighted by molar-refractivity contribution is -0.135. The fourth-order valence-electron chi connectivity index (χ4n) is 1.97. The molecule has 0 aromatic heterocycles. The number of nitrogens with one attached hydrogen (secondary N) is 1. The molecule has 0 bridgehead atoms. The lowest BCUT2D eigenvalue weighted by Crippen LogP contribution is -2.39. The Labute approximate surface area is 133 Å². The third-order valence-corrected chi connectivity index (χ3v) is 3.29.